The largest absolute Gasteiger partial charge is 0.489 e. The number of carbonyl (C=O) groups is 3. The van der Waals surface area contributed by atoms with Crippen molar-refractivity contribution in [1.29, 1.82) is 0 Å². The summed E-state index contributed by atoms with van der Waals surface area (Å²) >= 11 is 6.13. The fourth-order valence-electron chi connectivity index (χ4n) is 6.08. The molecule has 6 rings (SSSR count). The van der Waals surface area contributed by atoms with E-state index in [1.54, 1.807) is 11.1 Å². The molecule has 2 aromatic rings. The molecule has 188 valence electrons. The number of imide groups is 1. The molecule has 3 atom stereocenters. The zero-order valence-corrected chi connectivity index (χ0v) is 20.7. The Morgan fingerprint density at radius 2 is 1.86 bits per heavy atom. The monoisotopic (exact) mass is 508 g/mol. The lowest BCUT2D eigenvalue weighted by molar-refractivity contribution is -0.136. The molecule has 8 nitrogen and oxygen atoms in total. The molecule has 3 aliphatic heterocycles. The number of pyridine rings is 1. The van der Waals surface area contributed by atoms with Gasteiger partial charge in [0.2, 0.25) is 11.8 Å². The molecule has 0 unspecified atom stereocenters. The molecule has 2 saturated heterocycles. The van der Waals surface area contributed by atoms with E-state index in [9.17, 15) is 14.4 Å². The van der Waals surface area contributed by atoms with Crippen molar-refractivity contribution in [3.8, 4) is 5.75 Å². The zero-order valence-electron chi connectivity index (χ0n) is 20.0. The number of halogens is 1. The van der Waals surface area contributed by atoms with E-state index in [4.69, 9.17) is 16.3 Å². The average molecular weight is 509 g/mol. The van der Waals surface area contributed by atoms with Crippen LogP contribution in [0.2, 0.25) is 5.02 Å². The molecular weight excluding hydrogens is 480 g/mol. The molecule has 36 heavy (non-hydrogen) atoms. The normalized spacial score (nSPS) is 27.0. The van der Waals surface area contributed by atoms with Crippen molar-refractivity contribution in [2.75, 3.05) is 13.1 Å². The topological polar surface area (TPSA) is 91.8 Å². The average Bonchev–Trinajstić information content (AvgIpc) is 3.15. The minimum Gasteiger partial charge on any atom is -0.489 e. The van der Waals surface area contributed by atoms with Crippen LogP contribution in [0.4, 0.5) is 0 Å². The van der Waals surface area contributed by atoms with Gasteiger partial charge in [0.1, 0.15) is 17.9 Å². The number of hydrogen-bond donors (Lipinski definition) is 1. The van der Waals surface area contributed by atoms with E-state index in [1.165, 1.54) is 12.0 Å². The Balaban J connectivity index is 1.12. The van der Waals surface area contributed by atoms with Gasteiger partial charge >= 0.3 is 0 Å². The summed E-state index contributed by atoms with van der Waals surface area (Å²) in [5.74, 6) is 0.373. The van der Waals surface area contributed by atoms with Crippen LogP contribution in [0.5, 0.6) is 5.75 Å². The summed E-state index contributed by atoms with van der Waals surface area (Å²) in [6.45, 7) is 2.31. The Morgan fingerprint density at radius 3 is 2.67 bits per heavy atom. The van der Waals surface area contributed by atoms with Crippen molar-refractivity contribution >= 4 is 29.3 Å². The minimum atomic E-state index is -0.608. The van der Waals surface area contributed by atoms with Crippen molar-refractivity contribution in [3.63, 3.8) is 0 Å². The Kier molecular flexibility index (Phi) is 6.17. The summed E-state index contributed by atoms with van der Waals surface area (Å²) in [6, 6.07) is 7.38. The maximum atomic E-state index is 13.0. The number of rotatable bonds is 5. The Bertz CT molecular complexity index is 1210. The molecule has 3 fully saturated rings. The Labute approximate surface area is 214 Å². The molecule has 0 bridgehead atoms. The number of nitrogens with zero attached hydrogens (tertiary/aromatic N) is 3. The highest BCUT2D eigenvalue weighted by atomic mass is 35.5. The van der Waals surface area contributed by atoms with Crippen LogP contribution in [0.3, 0.4) is 0 Å². The van der Waals surface area contributed by atoms with Gasteiger partial charge in [-0.25, -0.2) is 0 Å². The van der Waals surface area contributed by atoms with E-state index in [0.29, 0.717) is 35.5 Å². The number of fused-ring (bicyclic) bond motifs is 1. The first kappa shape index (κ1) is 23.4. The van der Waals surface area contributed by atoms with Crippen LogP contribution in [0.25, 0.3) is 0 Å². The van der Waals surface area contributed by atoms with E-state index >= 15 is 0 Å². The lowest BCUT2D eigenvalue weighted by atomic mass is 9.85. The first-order valence-corrected chi connectivity index (χ1v) is 13.1. The van der Waals surface area contributed by atoms with Crippen LogP contribution in [-0.2, 0) is 16.1 Å². The van der Waals surface area contributed by atoms with Gasteiger partial charge in [0, 0.05) is 56.0 Å². The third kappa shape index (κ3) is 4.37. The van der Waals surface area contributed by atoms with E-state index in [0.717, 1.165) is 43.7 Å². The lowest BCUT2D eigenvalue weighted by Gasteiger charge is -2.48. The molecule has 4 heterocycles. The third-order valence-corrected chi connectivity index (χ3v) is 8.23. The first-order valence-electron chi connectivity index (χ1n) is 12.7. The summed E-state index contributed by atoms with van der Waals surface area (Å²) in [6.07, 6.45) is 8.74. The van der Waals surface area contributed by atoms with Crippen LogP contribution in [-0.4, -0.2) is 63.8 Å². The molecule has 1 aromatic heterocycles. The van der Waals surface area contributed by atoms with Crippen LogP contribution in [0, 0.1) is 0 Å². The van der Waals surface area contributed by atoms with Crippen LogP contribution in [0.1, 0.15) is 65.9 Å². The van der Waals surface area contributed by atoms with Crippen molar-refractivity contribution in [2.45, 2.75) is 69.2 Å². The highest BCUT2D eigenvalue weighted by Crippen LogP contribution is 2.37. The van der Waals surface area contributed by atoms with Gasteiger partial charge < -0.3 is 9.64 Å². The minimum absolute atomic E-state index is 0.0959. The van der Waals surface area contributed by atoms with Gasteiger partial charge in [0.25, 0.3) is 5.91 Å². The molecule has 0 spiro atoms. The number of benzene rings is 1. The van der Waals surface area contributed by atoms with Crippen molar-refractivity contribution in [1.82, 2.24) is 20.1 Å². The highest BCUT2D eigenvalue weighted by molar-refractivity contribution is 6.30. The third-order valence-electron chi connectivity index (χ3n) is 8.03. The molecule has 0 radical (unpaired) electrons. The summed E-state index contributed by atoms with van der Waals surface area (Å²) in [5, 5.41) is 3.03. The van der Waals surface area contributed by atoms with Crippen LogP contribution < -0.4 is 10.1 Å². The summed E-state index contributed by atoms with van der Waals surface area (Å²) in [5.41, 5.74) is 2.66. The quantitative estimate of drug-likeness (QED) is 0.623. The van der Waals surface area contributed by atoms with Crippen molar-refractivity contribution in [3.05, 3.63) is 58.4 Å². The molecule has 4 aliphatic rings. The predicted molar refractivity (Wildman–Crippen MR) is 133 cm³/mol. The SMILES string of the molecule is O=C1CC[C@@H](N2Cc3cc(O[C@@H]4CCCC[C@@H]4N4CC(c5cncc(Cl)c5)C4)ccc3C2=O)C(=O)N1. The Hall–Kier alpha value is -2.97. The highest BCUT2D eigenvalue weighted by Gasteiger charge is 2.41. The zero-order chi connectivity index (χ0) is 24.8. The maximum Gasteiger partial charge on any atom is 0.255 e. The molecule has 1 aliphatic carbocycles. The number of carbonyl (C=O) groups excluding carboxylic acids is 3. The van der Waals surface area contributed by atoms with Crippen LogP contribution in [0.15, 0.2) is 36.7 Å². The molecule has 1 saturated carbocycles. The van der Waals surface area contributed by atoms with Gasteiger partial charge in [-0.3, -0.25) is 29.6 Å². The van der Waals surface area contributed by atoms with Gasteiger partial charge in [-0.2, -0.15) is 0 Å². The summed E-state index contributed by atoms with van der Waals surface area (Å²) < 4.78 is 6.53. The maximum absolute atomic E-state index is 13.0. The fourth-order valence-corrected chi connectivity index (χ4v) is 6.26. The molecule has 1 aromatic carbocycles. The second kappa shape index (κ2) is 9.48. The number of amides is 3. The van der Waals surface area contributed by atoms with Gasteiger partial charge in [-0.05, 0) is 61.1 Å². The number of aromatic nitrogens is 1. The van der Waals surface area contributed by atoms with Crippen LogP contribution >= 0.6 is 11.6 Å². The number of likely N-dealkylation sites (tertiary alicyclic amines) is 1. The van der Waals surface area contributed by atoms with E-state index in [-0.39, 0.29) is 24.3 Å². The van der Waals surface area contributed by atoms with Gasteiger partial charge in [0.05, 0.1) is 5.02 Å². The molecule has 9 heteroatoms. The molecule has 1 N–H and O–H groups in total. The van der Waals surface area contributed by atoms with Gasteiger partial charge in [0.15, 0.2) is 0 Å². The molecule has 3 amide bonds. The number of hydrogen-bond acceptors (Lipinski definition) is 6. The van der Waals surface area contributed by atoms with E-state index in [2.05, 4.69) is 15.2 Å². The van der Waals surface area contributed by atoms with E-state index in [1.807, 2.05) is 30.5 Å². The molecular formula is C27H29ClN4O4. The van der Waals surface area contributed by atoms with E-state index < -0.39 is 11.9 Å². The van der Waals surface area contributed by atoms with Gasteiger partial charge in [-0.15, -0.1) is 0 Å². The number of nitrogens with one attached hydrogen (secondary N) is 1. The standard InChI is InChI=1S/C27H29ClN4O4/c28-19-9-16(11-29-12-19)18-13-31(14-18)22-3-1-2-4-24(22)36-20-5-6-21-17(10-20)15-32(27(21)35)23-7-8-25(33)30-26(23)34/h5-6,9-12,18,22-24H,1-4,7-8,13-15H2,(H,30,33,34)/t22-,23+,24+/m0/s1. The predicted octanol–water partition coefficient (Wildman–Crippen LogP) is 3.29. The lowest BCUT2D eigenvalue weighted by Crippen LogP contribution is -2.57. The van der Waals surface area contributed by atoms with Gasteiger partial charge in [-0.1, -0.05) is 18.0 Å². The second-order valence-corrected chi connectivity index (χ2v) is 10.8. The second-order valence-electron chi connectivity index (χ2n) is 10.3. The Morgan fingerprint density at radius 1 is 1.03 bits per heavy atom. The van der Waals surface area contributed by atoms with Crippen molar-refractivity contribution < 1.29 is 19.1 Å². The smallest absolute Gasteiger partial charge is 0.255 e. The number of piperidine rings is 1. The summed E-state index contributed by atoms with van der Waals surface area (Å²) in [4.78, 5) is 45.1. The van der Waals surface area contributed by atoms with Crippen molar-refractivity contribution in [2.24, 2.45) is 0 Å². The number of ether oxygens (including phenoxy) is 1. The first-order chi connectivity index (χ1) is 17.5. The fraction of sp³-hybridized carbons (Fsp3) is 0.481. The summed E-state index contributed by atoms with van der Waals surface area (Å²) in [7, 11) is 0.